The zero-order valence-corrected chi connectivity index (χ0v) is 15.1. The van der Waals surface area contributed by atoms with Gasteiger partial charge in [0, 0.05) is 9.92 Å². The molecule has 0 spiro atoms. The average molecular weight is 382 g/mol. The first-order chi connectivity index (χ1) is 12.0. The van der Waals surface area contributed by atoms with E-state index < -0.39 is 24.3 Å². The molecular weight excluding hydrogens is 365 g/mol. The van der Waals surface area contributed by atoms with Crippen LogP contribution in [0.2, 0.25) is 5.02 Å². The first-order valence-electron chi connectivity index (χ1n) is 7.54. The molecule has 1 atom stereocenters. The summed E-state index contributed by atoms with van der Waals surface area (Å²) in [5.41, 5.74) is 0.777. The lowest BCUT2D eigenvalue weighted by Crippen LogP contribution is -2.31. The summed E-state index contributed by atoms with van der Waals surface area (Å²) in [6.45, 7) is 1.39. The Morgan fingerprint density at radius 3 is 2.60 bits per heavy atom. The lowest BCUT2D eigenvalue weighted by Gasteiger charge is -2.15. The van der Waals surface area contributed by atoms with Crippen LogP contribution in [0.3, 0.4) is 0 Å². The molecule has 0 saturated heterocycles. The highest BCUT2D eigenvalue weighted by Crippen LogP contribution is 2.22. The number of rotatable bonds is 7. The highest BCUT2D eigenvalue weighted by atomic mass is 35.5. The Kier molecular flexibility index (Phi) is 7.28. The van der Waals surface area contributed by atoms with Gasteiger partial charge < -0.3 is 10.1 Å². The summed E-state index contributed by atoms with van der Waals surface area (Å²) in [5, 5.41) is 3.26. The summed E-state index contributed by atoms with van der Waals surface area (Å²) < 4.78 is 18.3. The Balaban J connectivity index is 1.75. The van der Waals surface area contributed by atoms with Gasteiger partial charge in [-0.05, 0) is 30.7 Å². The standard InChI is InChI=1S/C18H17ClFNO3S/c1-12(13-6-2-3-7-14(13)19)21-17(22)10-24-18(23)11-25-16-9-5-4-8-15(16)20/h2-9,12H,10-11H2,1H3,(H,21,22)/t12-/m1/s1. The minimum absolute atomic E-state index is 0.0751. The molecule has 0 radical (unpaired) electrons. The number of amides is 1. The Morgan fingerprint density at radius 1 is 1.20 bits per heavy atom. The van der Waals surface area contributed by atoms with Crippen molar-refractivity contribution in [3.63, 3.8) is 0 Å². The first kappa shape index (κ1) is 19.3. The molecule has 0 aliphatic carbocycles. The van der Waals surface area contributed by atoms with Gasteiger partial charge in [0.1, 0.15) is 5.82 Å². The molecule has 2 aromatic carbocycles. The van der Waals surface area contributed by atoms with E-state index >= 15 is 0 Å². The average Bonchev–Trinajstić information content (AvgIpc) is 2.59. The summed E-state index contributed by atoms with van der Waals surface area (Å²) in [6.07, 6.45) is 0. The number of hydrogen-bond acceptors (Lipinski definition) is 4. The van der Waals surface area contributed by atoms with E-state index in [2.05, 4.69) is 5.32 Å². The van der Waals surface area contributed by atoms with Crippen molar-refractivity contribution in [1.82, 2.24) is 5.32 Å². The maximum atomic E-state index is 13.4. The molecule has 0 fully saturated rings. The number of hydrogen-bond donors (Lipinski definition) is 1. The summed E-state index contributed by atoms with van der Waals surface area (Å²) in [7, 11) is 0. The van der Waals surface area contributed by atoms with Crippen molar-refractivity contribution in [3.05, 3.63) is 64.9 Å². The number of nitrogens with one attached hydrogen (secondary N) is 1. The smallest absolute Gasteiger partial charge is 0.316 e. The molecule has 132 valence electrons. The SMILES string of the molecule is C[C@@H](NC(=O)COC(=O)CSc1ccccc1F)c1ccccc1Cl. The van der Waals surface area contributed by atoms with E-state index in [1.807, 2.05) is 12.1 Å². The molecule has 1 N–H and O–H groups in total. The van der Waals surface area contributed by atoms with Crippen LogP contribution in [-0.4, -0.2) is 24.2 Å². The van der Waals surface area contributed by atoms with Gasteiger partial charge in [0.25, 0.3) is 5.91 Å². The molecule has 0 bridgehead atoms. The fourth-order valence-corrected chi connectivity index (χ4v) is 3.11. The van der Waals surface area contributed by atoms with Crippen LogP contribution >= 0.6 is 23.4 Å². The Morgan fingerprint density at radius 2 is 1.88 bits per heavy atom. The zero-order chi connectivity index (χ0) is 18.2. The van der Waals surface area contributed by atoms with E-state index in [0.29, 0.717) is 9.92 Å². The molecule has 0 aromatic heterocycles. The molecule has 0 saturated carbocycles. The zero-order valence-electron chi connectivity index (χ0n) is 13.5. The largest absolute Gasteiger partial charge is 0.455 e. The van der Waals surface area contributed by atoms with Gasteiger partial charge in [0.15, 0.2) is 6.61 Å². The van der Waals surface area contributed by atoms with E-state index in [-0.39, 0.29) is 11.8 Å². The second-order valence-electron chi connectivity index (χ2n) is 5.19. The van der Waals surface area contributed by atoms with Gasteiger partial charge in [0.2, 0.25) is 0 Å². The van der Waals surface area contributed by atoms with Gasteiger partial charge in [-0.2, -0.15) is 0 Å². The fourth-order valence-electron chi connectivity index (χ4n) is 2.07. The van der Waals surface area contributed by atoms with Gasteiger partial charge in [0.05, 0.1) is 11.8 Å². The van der Waals surface area contributed by atoms with E-state index in [1.54, 1.807) is 37.3 Å². The molecular formula is C18H17ClFNO3S. The summed E-state index contributed by atoms with van der Waals surface area (Å²) >= 11 is 7.09. The minimum Gasteiger partial charge on any atom is -0.455 e. The predicted molar refractivity (Wildman–Crippen MR) is 96.1 cm³/mol. The lowest BCUT2D eigenvalue weighted by molar-refractivity contribution is -0.146. The molecule has 0 heterocycles. The maximum absolute atomic E-state index is 13.4. The normalized spacial score (nSPS) is 11.6. The van der Waals surface area contributed by atoms with Crippen LogP contribution < -0.4 is 5.32 Å². The topological polar surface area (TPSA) is 55.4 Å². The predicted octanol–water partition coefficient (Wildman–Crippen LogP) is 3.99. The molecule has 2 rings (SSSR count). The summed E-state index contributed by atoms with van der Waals surface area (Å²) in [6, 6.07) is 13.0. The molecule has 25 heavy (non-hydrogen) atoms. The highest BCUT2D eigenvalue weighted by Gasteiger charge is 2.14. The maximum Gasteiger partial charge on any atom is 0.316 e. The summed E-state index contributed by atoms with van der Waals surface area (Å²) in [4.78, 5) is 23.9. The molecule has 4 nitrogen and oxygen atoms in total. The second-order valence-corrected chi connectivity index (χ2v) is 6.61. The Hall–Kier alpha value is -2.05. The van der Waals surface area contributed by atoms with Gasteiger partial charge in [-0.25, -0.2) is 4.39 Å². The number of carbonyl (C=O) groups excluding carboxylic acids is 2. The van der Waals surface area contributed by atoms with E-state index in [1.165, 1.54) is 6.07 Å². The molecule has 7 heteroatoms. The number of thioether (sulfide) groups is 1. The first-order valence-corrected chi connectivity index (χ1v) is 8.90. The molecule has 0 unspecified atom stereocenters. The number of carbonyl (C=O) groups is 2. The Bertz CT molecular complexity index is 757. The minimum atomic E-state index is -0.589. The number of benzene rings is 2. The number of ether oxygens (including phenoxy) is 1. The number of esters is 1. The van der Waals surface area contributed by atoms with Crippen LogP contribution in [0.1, 0.15) is 18.5 Å². The van der Waals surface area contributed by atoms with Crippen molar-refractivity contribution >= 4 is 35.2 Å². The van der Waals surface area contributed by atoms with Crippen LogP contribution in [0, 0.1) is 5.82 Å². The van der Waals surface area contributed by atoms with Gasteiger partial charge in [-0.1, -0.05) is 41.9 Å². The quantitative estimate of drug-likeness (QED) is 0.582. The van der Waals surface area contributed by atoms with Crippen molar-refractivity contribution in [1.29, 1.82) is 0 Å². The van der Waals surface area contributed by atoms with Crippen LogP contribution in [0.15, 0.2) is 53.4 Å². The third-order valence-electron chi connectivity index (χ3n) is 3.30. The van der Waals surface area contributed by atoms with E-state index in [9.17, 15) is 14.0 Å². The monoisotopic (exact) mass is 381 g/mol. The van der Waals surface area contributed by atoms with Crippen molar-refractivity contribution in [2.75, 3.05) is 12.4 Å². The van der Waals surface area contributed by atoms with Crippen molar-refractivity contribution < 1.29 is 18.7 Å². The third kappa shape index (κ3) is 6.07. The van der Waals surface area contributed by atoms with Crippen molar-refractivity contribution in [2.24, 2.45) is 0 Å². The third-order valence-corrected chi connectivity index (χ3v) is 4.66. The highest BCUT2D eigenvalue weighted by molar-refractivity contribution is 8.00. The molecule has 0 aliphatic heterocycles. The summed E-state index contributed by atoms with van der Waals surface area (Å²) in [5.74, 6) is -1.49. The number of halogens is 2. The molecule has 2 aromatic rings. The molecule has 1 amide bonds. The Labute approximate surface area is 154 Å². The van der Waals surface area contributed by atoms with E-state index in [4.69, 9.17) is 16.3 Å². The second kappa shape index (κ2) is 9.44. The van der Waals surface area contributed by atoms with Crippen molar-refractivity contribution in [3.8, 4) is 0 Å². The van der Waals surface area contributed by atoms with E-state index in [0.717, 1.165) is 17.3 Å². The van der Waals surface area contributed by atoms with Crippen LogP contribution in [0.25, 0.3) is 0 Å². The van der Waals surface area contributed by atoms with Crippen LogP contribution in [0.5, 0.6) is 0 Å². The fraction of sp³-hybridized carbons (Fsp3) is 0.222. The lowest BCUT2D eigenvalue weighted by atomic mass is 10.1. The van der Waals surface area contributed by atoms with Crippen LogP contribution in [0.4, 0.5) is 4.39 Å². The molecule has 0 aliphatic rings. The van der Waals surface area contributed by atoms with Gasteiger partial charge in [-0.15, -0.1) is 11.8 Å². The van der Waals surface area contributed by atoms with Gasteiger partial charge in [-0.3, -0.25) is 9.59 Å². The van der Waals surface area contributed by atoms with Gasteiger partial charge >= 0.3 is 5.97 Å². The van der Waals surface area contributed by atoms with Crippen molar-refractivity contribution in [2.45, 2.75) is 17.9 Å². The van der Waals surface area contributed by atoms with Crippen LogP contribution in [-0.2, 0) is 14.3 Å².